The minimum Gasteiger partial charge on any atom is -0.375 e. The molecule has 0 radical (unpaired) electrons. The van der Waals surface area contributed by atoms with Crippen molar-refractivity contribution >= 4 is 0 Å². The summed E-state index contributed by atoms with van der Waals surface area (Å²) in [4.78, 5) is 2.48. The zero-order valence-corrected chi connectivity index (χ0v) is 11.8. The zero-order chi connectivity index (χ0) is 13.6. The first-order chi connectivity index (χ1) is 9.92. The maximum absolute atomic E-state index is 5.77. The fourth-order valence-corrected chi connectivity index (χ4v) is 2.70. The van der Waals surface area contributed by atoms with Crippen LogP contribution in [0.1, 0.15) is 16.7 Å². The van der Waals surface area contributed by atoms with Crippen LogP contribution in [0.4, 0.5) is 0 Å². The highest BCUT2D eigenvalue weighted by Crippen LogP contribution is 2.17. The van der Waals surface area contributed by atoms with E-state index in [2.05, 4.69) is 53.4 Å². The molecule has 104 valence electrons. The first kappa shape index (κ1) is 13.3. The van der Waals surface area contributed by atoms with Crippen LogP contribution in [0.5, 0.6) is 0 Å². The molecule has 1 heterocycles. The molecule has 0 N–H and O–H groups in total. The summed E-state index contributed by atoms with van der Waals surface area (Å²) in [6.45, 7) is 4.74. The van der Waals surface area contributed by atoms with Gasteiger partial charge in [-0.1, -0.05) is 54.6 Å². The summed E-state index contributed by atoms with van der Waals surface area (Å²) >= 11 is 0. The Morgan fingerprint density at radius 3 is 2.50 bits per heavy atom. The van der Waals surface area contributed by atoms with Crippen LogP contribution in [0.2, 0.25) is 0 Å². The molecule has 1 aliphatic heterocycles. The quantitative estimate of drug-likeness (QED) is 0.771. The van der Waals surface area contributed by atoms with E-state index in [-0.39, 0.29) is 0 Å². The van der Waals surface area contributed by atoms with Crippen LogP contribution in [-0.2, 0) is 24.3 Å². The van der Waals surface area contributed by atoms with Gasteiger partial charge < -0.3 is 4.74 Å². The van der Waals surface area contributed by atoms with Crippen molar-refractivity contribution in [3.63, 3.8) is 0 Å². The fourth-order valence-electron chi connectivity index (χ4n) is 2.70. The van der Waals surface area contributed by atoms with Crippen LogP contribution >= 0.6 is 0 Å². The van der Waals surface area contributed by atoms with Crippen LogP contribution < -0.4 is 0 Å². The predicted molar refractivity (Wildman–Crippen MR) is 81.5 cm³/mol. The molecule has 0 spiro atoms. The average Bonchev–Trinajstić information content (AvgIpc) is 2.52. The van der Waals surface area contributed by atoms with Crippen molar-refractivity contribution in [2.75, 3.05) is 19.7 Å². The summed E-state index contributed by atoms with van der Waals surface area (Å²) in [5.74, 6) is 0. The van der Waals surface area contributed by atoms with E-state index in [1.165, 1.54) is 16.7 Å². The lowest BCUT2D eigenvalue weighted by Gasteiger charge is -2.28. The molecule has 0 aromatic heterocycles. The number of fused-ring (bicyclic) bond motifs is 1. The van der Waals surface area contributed by atoms with Crippen LogP contribution in [0.25, 0.3) is 0 Å². The molecule has 2 aromatic carbocycles. The lowest BCUT2D eigenvalue weighted by atomic mass is 10.0. The summed E-state index contributed by atoms with van der Waals surface area (Å²) < 4.78 is 5.77. The zero-order valence-electron chi connectivity index (χ0n) is 11.8. The van der Waals surface area contributed by atoms with Crippen molar-refractivity contribution in [1.82, 2.24) is 4.90 Å². The Morgan fingerprint density at radius 1 is 0.900 bits per heavy atom. The Kier molecular flexibility index (Phi) is 4.46. The number of rotatable bonds is 5. The molecule has 0 unspecified atom stereocenters. The Morgan fingerprint density at radius 2 is 1.65 bits per heavy atom. The lowest BCUT2D eigenvalue weighted by molar-refractivity contribution is 0.0886. The Balaban J connectivity index is 1.42. The van der Waals surface area contributed by atoms with Crippen LogP contribution in [0.3, 0.4) is 0 Å². The summed E-state index contributed by atoms with van der Waals surface area (Å²) in [6, 6.07) is 19.1. The van der Waals surface area contributed by atoms with Gasteiger partial charge in [0.05, 0.1) is 13.2 Å². The molecule has 0 bridgehead atoms. The third-order valence-corrected chi connectivity index (χ3v) is 3.87. The fraction of sp³-hybridized carbons (Fsp3) is 0.333. The van der Waals surface area contributed by atoms with Gasteiger partial charge in [-0.15, -0.1) is 0 Å². The molecule has 1 aliphatic rings. The molecule has 2 nitrogen and oxygen atoms in total. The van der Waals surface area contributed by atoms with E-state index < -0.39 is 0 Å². The highest BCUT2D eigenvalue weighted by atomic mass is 16.5. The first-order valence-electron chi connectivity index (χ1n) is 7.32. The maximum atomic E-state index is 5.77. The Hall–Kier alpha value is -1.64. The van der Waals surface area contributed by atoms with Crippen LogP contribution in [0.15, 0.2) is 54.6 Å². The predicted octanol–water partition coefficient (Wildman–Crippen LogP) is 3.26. The number of nitrogens with zero attached hydrogens (tertiary/aromatic N) is 1. The molecule has 2 aromatic rings. The van der Waals surface area contributed by atoms with Gasteiger partial charge in [-0.05, 0) is 23.1 Å². The van der Waals surface area contributed by atoms with E-state index in [9.17, 15) is 0 Å². The van der Waals surface area contributed by atoms with E-state index >= 15 is 0 Å². The summed E-state index contributed by atoms with van der Waals surface area (Å²) in [7, 11) is 0. The summed E-state index contributed by atoms with van der Waals surface area (Å²) in [5.41, 5.74) is 4.23. The first-order valence-corrected chi connectivity index (χ1v) is 7.32. The third-order valence-electron chi connectivity index (χ3n) is 3.87. The molecule has 0 atom stereocenters. The SMILES string of the molecule is c1ccc(COCCN2CCc3ccccc3C2)cc1. The molecule has 0 amide bonds. The van der Waals surface area contributed by atoms with E-state index in [0.717, 1.165) is 32.7 Å². The van der Waals surface area contributed by atoms with Gasteiger partial charge in [0.25, 0.3) is 0 Å². The second-order valence-electron chi connectivity index (χ2n) is 5.33. The molecule has 0 saturated heterocycles. The van der Waals surface area contributed by atoms with Gasteiger partial charge in [0.15, 0.2) is 0 Å². The van der Waals surface area contributed by atoms with Crippen LogP contribution in [0, 0.1) is 0 Å². The van der Waals surface area contributed by atoms with Crippen molar-refractivity contribution in [3.05, 3.63) is 71.3 Å². The number of benzene rings is 2. The van der Waals surface area contributed by atoms with Gasteiger partial charge in [0.1, 0.15) is 0 Å². The minimum atomic E-state index is 0.714. The van der Waals surface area contributed by atoms with Gasteiger partial charge in [-0.3, -0.25) is 4.90 Å². The molecular weight excluding hydrogens is 246 g/mol. The van der Waals surface area contributed by atoms with Gasteiger partial charge in [-0.25, -0.2) is 0 Å². The van der Waals surface area contributed by atoms with Crippen molar-refractivity contribution in [2.45, 2.75) is 19.6 Å². The van der Waals surface area contributed by atoms with Gasteiger partial charge in [-0.2, -0.15) is 0 Å². The van der Waals surface area contributed by atoms with Crippen molar-refractivity contribution in [1.29, 1.82) is 0 Å². The monoisotopic (exact) mass is 267 g/mol. The number of ether oxygens (including phenoxy) is 1. The van der Waals surface area contributed by atoms with E-state index in [4.69, 9.17) is 4.74 Å². The van der Waals surface area contributed by atoms with Gasteiger partial charge in [0, 0.05) is 19.6 Å². The molecule has 0 saturated carbocycles. The van der Waals surface area contributed by atoms with E-state index in [0.29, 0.717) is 6.61 Å². The average molecular weight is 267 g/mol. The van der Waals surface area contributed by atoms with E-state index in [1.54, 1.807) is 0 Å². The molecule has 20 heavy (non-hydrogen) atoms. The summed E-state index contributed by atoms with van der Waals surface area (Å²) in [5, 5.41) is 0. The Labute approximate surface area is 121 Å². The van der Waals surface area contributed by atoms with Crippen LogP contribution in [-0.4, -0.2) is 24.6 Å². The second kappa shape index (κ2) is 6.69. The lowest BCUT2D eigenvalue weighted by Crippen LogP contribution is -2.33. The smallest absolute Gasteiger partial charge is 0.0717 e. The number of hydrogen-bond donors (Lipinski definition) is 0. The highest BCUT2D eigenvalue weighted by Gasteiger charge is 2.14. The standard InChI is InChI=1S/C18H21NO/c1-2-6-16(7-3-1)15-20-13-12-19-11-10-17-8-4-5-9-18(17)14-19/h1-9H,10-15H2. The topological polar surface area (TPSA) is 12.5 Å². The largest absolute Gasteiger partial charge is 0.375 e. The molecule has 0 fully saturated rings. The number of hydrogen-bond acceptors (Lipinski definition) is 2. The maximum Gasteiger partial charge on any atom is 0.0717 e. The molecule has 2 heteroatoms. The third kappa shape index (κ3) is 3.47. The normalized spacial score (nSPS) is 15.0. The van der Waals surface area contributed by atoms with Crippen molar-refractivity contribution in [2.24, 2.45) is 0 Å². The van der Waals surface area contributed by atoms with Crippen molar-refractivity contribution < 1.29 is 4.74 Å². The van der Waals surface area contributed by atoms with E-state index in [1.807, 2.05) is 6.07 Å². The molecule has 0 aliphatic carbocycles. The van der Waals surface area contributed by atoms with Gasteiger partial charge in [0.2, 0.25) is 0 Å². The molecular formula is C18H21NO. The second-order valence-corrected chi connectivity index (χ2v) is 5.33. The Bertz CT molecular complexity index is 538. The summed E-state index contributed by atoms with van der Waals surface area (Å²) in [6.07, 6.45) is 1.16. The minimum absolute atomic E-state index is 0.714. The van der Waals surface area contributed by atoms with Gasteiger partial charge >= 0.3 is 0 Å². The van der Waals surface area contributed by atoms with Crippen molar-refractivity contribution in [3.8, 4) is 0 Å². The highest BCUT2D eigenvalue weighted by molar-refractivity contribution is 5.29. The molecule has 3 rings (SSSR count).